The molecule has 0 saturated carbocycles. The van der Waals surface area contributed by atoms with Crippen molar-refractivity contribution in [3.63, 3.8) is 0 Å². The number of carbonyl (C=O) groups is 1. The first-order chi connectivity index (χ1) is 8.34. The first-order valence-electron chi connectivity index (χ1n) is 5.97. The zero-order valence-electron chi connectivity index (χ0n) is 11.4. The van der Waals surface area contributed by atoms with Crippen LogP contribution in [-0.4, -0.2) is 11.4 Å². The van der Waals surface area contributed by atoms with E-state index in [1.807, 2.05) is 45.0 Å². The van der Waals surface area contributed by atoms with Crippen molar-refractivity contribution in [3.05, 3.63) is 29.8 Å². The number of rotatable bonds is 4. The molecule has 0 aliphatic rings. The number of amides is 1. The van der Waals surface area contributed by atoms with E-state index in [2.05, 4.69) is 16.6 Å². The highest BCUT2D eigenvalue weighted by Gasteiger charge is 2.17. The standard InChI is InChI=1S/C15H20N2O/c1-6-15(4,5)17-11(2)13-8-7-9-14(10-13)16-12(3)18/h1,7-11,17H,2-5H3,(H,16,18). The Morgan fingerprint density at radius 3 is 2.67 bits per heavy atom. The summed E-state index contributed by atoms with van der Waals surface area (Å²) in [7, 11) is 0. The molecule has 0 aliphatic heterocycles. The maximum atomic E-state index is 11.0. The summed E-state index contributed by atoms with van der Waals surface area (Å²) in [5.74, 6) is 2.64. The lowest BCUT2D eigenvalue weighted by molar-refractivity contribution is -0.114. The molecule has 96 valence electrons. The summed E-state index contributed by atoms with van der Waals surface area (Å²) in [4.78, 5) is 11.0. The SMILES string of the molecule is C#CC(C)(C)NC(C)c1cccc(NC(C)=O)c1. The summed E-state index contributed by atoms with van der Waals surface area (Å²) >= 11 is 0. The molecular formula is C15H20N2O. The van der Waals surface area contributed by atoms with Gasteiger partial charge in [0.15, 0.2) is 0 Å². The van der Waals surface area contributed by atoms with Crippen LogP contribution in [0, 0.1) is 12.3 Å². The van der Waals surface area contributed by atoms with E-state index in [9.17, 15) is 4.79 Å². The third-order valence-electron chi connectivity index (χ3n) is 2.65. The Hall–Kier alpha value is -1.79. The first-order valence-corrected chi connectivity index (χ1v) is 5.97. The molecule has 3 nitrogen and oxygen atoms in total. The predicted molar refractivity (Wildman–Crippen MR) is 75.2 cm³/mol. The van der Waals surface area contributed by atoms with Crippen molar-refractivity contribution < 1.29 is 4.79 Å². The molecule has 1 rings (SSSR count). The molecule has 3 heteroatoms. The second-order valence-corrected chi connectivity index (χ2v) is 4.94. The fraction of sp³-hybridized carbons (Fsp3) is 0.400. The van der Waals surface area contributed by atoms with E-state index in [-0.39, 0.29) is 17.5 Å². The van der Waals surface area contributed by atoms with Crippen molar-refractivity contribution in [1.29, 1.82) is 0 Å². The number of nitrogens with one attached hydrogen (secondary N) is 2. The minimum Gasteiger partial charge on any atom is -0.326 e. The van der Waals surface area contributed by atoms with Crippen molar-refractivity contribution >= 4 is 11.6 Å². The summed E-state index contributed by atoms with van der Waals surface area (Å²) in [5, 5.41) is 6.12. The van der Waals surface area contributed by atoms with Gasteiger partial charge in [-0.25, -0.2) is 0 Å². The normalized spacial score (nSPS) is 12.6. The van der Waals surface area contributed by atoms with Crippen LogP contribution in [-0.2, 0) is 4.79 Å². The maximum absolute atomic E-state index is 11.0. The molecule has 1 aromatic carbocycles. The molecule has 0 fully saturated rings. The van der Waals surface area contributed by atoms with Gasteiger partial charge in [0.2, 0.25) is 5.91 Å². The van der Waals surface area contributed by atoms with Crippen LogP contribution in [0.5, 0.6) is 0 Å². The summed E-state index contributed by atoms with van der Waals surface area (Å²) < 4.78 is 0. The van der Waals surface area contributed by atoms with Crippen LogP contribution >= 0.6 is 0 Å². The molecule has 18 heavy (non-hydrogen) atoms. The molecule has 0 aliphatic carbocycles. The Morgan fingerprint density at radius 1 is 1.44 bits per heavy atom. The van der Waals surface area contributed by atoms with Crippen LogP contribution in [0.1, 0.15) is 39.3 Å². The number of benzene rings is 1. The first kappa shape index (κ1) is 14.3. The highest BCUT2D eigenvalue weighted by atomic mass is 16.1. The predicted octanol–water partition coefficient (Wildman–Crippen LogP) is 2.71. The lowest BCUT2D eigenvalue weighted by atomic mass is 10.0. The van der Waals surface area contributed by atoms with Gasteiger partial charge < -0.3 is 5.32 Å². The Balaban J connectivity index is 2.84. The Labute approximate surface area is 109 Å². The van der Waals surface area contributed by atoms with E-state index in [0.717, 1.165) is 11.3 Å². The van der Waals surface area contributed by atoms with Crippen LogP contribution in [0.25, 0.3) is 0 Å². The monoisotopic (exact) mass is 244 g/mol. The Morgan fingerprint density at radius 2 is 2.11 bits per heavy atom. The van der Waals surface area contributed by atoms with Crippen LogP contribution in [0.3, 0.4) is 0 Å². The molecule has 1 aromatic rings. The molecule has 1 unspecified atom stereocenters. The average molecular weight is 244 g/mol. The summed E-state index contributed by atoms with van der Waals surface area (Å²) in [5.41, 5.74) is 1.53. The molecule has 0 bridgehead atoms. The van der Waals surface area contributed by atoms with Gasteiger partial charge in [-0.3, -0.25) is 10.1 Å². The molecule has 0 spiro atoms. The minimum absolute atomic E-state index is 0.0725. The molecule has 0 saturated heterocycles. The minimum atomic E-state index is -0.358. The van der Waals surface area contributed by atoms with Crippen molar-refractivity contribution in [3.8, 4) is 12.3 Å². The van der Waals surface area contributed by atoms with E-state index in [1.165, 1.54) is 6.92 Å². The second-order valence-electron chi connectivity index (χ2n) is 4.94. The zero-order chi connectivity index (χ0) is 13.8. The topological polar surface area (TPSA) is 41.1 Å². The van der Waals surface area contributed by atoms with Gasteiger partial charge in [-0.05, 0) is 38.5 Å². The van der Waals surface area contributed by atoms with Crippen molar-refractivity contribution in [1.82, 2.24) is 5.32 Å². The van der Waals surface area contributed by atoms with Crippen molar-refractivity contribution in [2.75, 3.05) is 5.32 Å². The lowest BCUT2D eigenvalue weighted by Crippen LogP contribution is -2.39. The summed E-state index contributed by atoms with van der Waals surface area (Å²) in [6, 6.07) is 7.86. The van der Waals surface area contributed by atoms with Gasteiger partial charge in [0.05, 0.1) is 5.54 Å². The van der Waals surface area contributed by atoms with Gasteiger partial charge >= 0.3 is 0 Å². The second kappa shape index (κ2) is 5.70. The molecule has 0 radical (unpaired) electrons. The van der Waals surface area contributed by atoms with Gasteiger partial charge in [-0.15, -0.1) is 6.42 Å². The Bertz CT molecular complexity index is 472. The maximum Gasteiger partial charge on any atom is 0.221 e. The largest absolute Gasteiger partial charge is 0.326 e. The smallest absolute Gasteiger partial charge is 0.221 e. The van der Waals surface area contributed by atoms with Crippen LogP contribution in [0.4, 0.5) is 5.69 Å². The van der Waals surface area contributed by atoms with Crippen molar-refractivity contribution in [2.24, 2.45) is 0 Å². The van der Waals surface area contributed by atoms with Crippen LogP contribution in [0.2, 0.25) is 0 Å². The zero-order valence-corrected chi connectivity index (χ0v) is 11.4. The number of anilines is 1. The van der Waals surface area contributed by atoms with Gasteiger partial charge in [0.25, 0.3) is 0 Å². The third-order valence-corrected chi connectivity index (χ3v) is 2.65. The number of carbonyl (C=O) groups excluding carboxylic acids is 1. The third kappa shape index (κ3) is 4.23. The van der Waals surface area contributed by atoms with Crippen LogP contribution < -0.4 is 10.6 Å². The molecule has 2 N–H and O–H groups in total. The number of hydrogen-bond acceptors (Lipinski definition) is 2. The van der Waals surface area contributed by atoms with E-state index >= 15 is 0 Å². The highest BCUT2D eigenvalue weighted by Crippen LogP contribution is 2.19. The van der Waals surface area contributed by atoms with Gasteiger partial charge in [-0.2, -0.15) is 0 Å². The summed E-state index contributed by atoms with van der Waals surface area (Å²) in [6.45, 7) is 7.46. The fourth-order valence-corrected chi connectivity index (χ4v) is 1.76. The highest BCUT2D eigenvalue weighted by molar-refractivity contribution is 5.88. The van der Waals surface area contributed by atoms with Gasteiger partial charge in [-0.1, -0.05) is 18.1 Å². The molecule has 1 amide bonds. The van der Waals surface area contributed by atoms with Gasteiger partial charge in [0, 0.05) is 18.7 Å². The molecule has 0 heterocycles. The van der Waals surface area contributed by atoms with E-state index < -0.39 is 0 Å². The van der Waals surface area contributed by atoms with E-state index in [1.54, 1.807) is 0 Å². The lowest BCUT2D eigenvalue weighted by Gasteiger charge is -2.25. The van der Waals surface area contributed by atoms with E-state index in [4.69, 9.17) is 6.42 Å². The number of hydrogen-bond donors (Lipinski definition) is 2. The van der Waals surface area contributed by atoms with E-state index in [0.29, 0.717) is 0 Å². The van der Waals surface area contributed by atoms with Gasteiger partial charge in [0.1, 0.15) is 0 Å². The fourth-order valence-electron chi connectivity index (χ4n) is 1.76. The van der Waals surface area contributed by atoms with Crippen LogP contribution in [0.15, 0.2) is 24.3 Å². The average Bonchev–Trinajstić information content (AvgIpc) is 2.28. The summed E-state index contributed by atoms with van der Waals surface area (Å²) in [6.07, 6.45) is 5.46. The quantitative estimate of drug-likeness (QED) is 0.800. The van der Waals surface area contributed by atoms with Crippen molar-refractivity contribution in [2.45, 2.75) is 39.3 Å². The molecular weight excluding hydrogens is 224 g/mol. The Kier molecular flexibility index (Phi) is 4.52. The molecule has 0 aromatic heterocycles. The number of terminal acetylenes is 1. The molecule has 1 atom stereocenters.